The van der Waals surface area contributed by atoms with Crippen LogP contribution in [0.2, 0.25) is 0 Å². The van der Waals surface area contributed by atoms with Gasteiger partial charge in [0.05, 0.1) is 23.3 Å². The Bertz CT molecular complexity index is 782. The maximum atomic E-state index is 5.20. The molecule has 0 bridgehead atoms. The molecule has 0 aromatic heterocycles. The summed E-state index contributed by atoms with van der Waals surface area (Å²) < 4.78 is 0. The van der Waals surface area contributed by atoms with Gasteiger partial charge in [0, 0.05) is 19.6 Å². The molecule has 2 heterocycles. The van der Waals surface area contributed by atoms with Crippen molar-refractivity contribution in [2.24, 2.45) is 4.99 Å². The molecule has 4 heteroatoms. The number of nitrogens with zero attached hydrogens (tertiary/aromatic N) is 3. The Labute approximate surface area is 156 Å². The summed E-state index contributed by atoms with van der Waals surface area (Å²) in [5, 5.41) is 3.70. The molecule has 0 aliphatic carbocycles. The molecule has 3 atom stereocenters. The van der Waals surface area contributed by atoms with E-state index in [1.165, 1.54) is 22.8 Å². The molecule has 0 radical (unpaired) electrons. The fourth-order valence-electron chi connectivity index (χ4n) is 4.48. The van der Waals surface area contributed by atoms with Crippen molar-refractivity contribution in [1.29, 1.82) is 0 Å². The van der Waals surface area contributed by atoms with Crippen LogP contribution in [0.1, 0.15) is 32.3 Å². The number of benzene rings is 2. The first kappa shape index (κ1) is 17.0. The van der Waals surface area contributed by atoms with E-state index in [0.29, 0.717) is 6.04 Å². The van der Waals surface area contributed by atoms with E-state index in [1.54, 1.807) is 0 Å². The van der Waals surface area contributed by atoms with Crippen LogP contribution in [-0.4, -0.2) is 42.6 Å². The predicted octanol–water partition coefficient (Wildman–Crippen LogP) is 4.17. The van der Waals surface area contributed by atoms with Crippen LogP contribution in [0.4, 0.5) is 11.4 Å². The normalized spacial score (nSPS) is 23.7. The summed E-state index contributed by atoms with van der Waals surface area (Å²) in [4.78, 5) is 10.1. The summed E-state index contributed by atoms with van der Waals surface area (Å²) in [6, 6.07) is 19.8. The van der Waals surface area contributed by atoms with Gasteiger partial charge in [0.25, 0.3) is 0 Å². The SMILES string of the molecule is CCN(CC)C1=N[C@@H]2Nc3ccccc3N(CC)[C@@H]2[C@H]1c1ccccc1. The summed E-state index contributed by atoms with van der Waals surface area (Å²) in [6.07, 6.45) is 0.0886. The van der Waals surface area contributed by atoms with Crippen LogP contribution in [0.15, 0.2) is 59.6 Å². The van der Waals surface area contributed by atoms with Crippen LogP contribution in [0.3, 0.4) is 0 Å². The van der Waals surface area contributed by atoms with E-state index < -0.39 is 0 Å². The number of rotatable bonds is 4. The smallest absolute Gasteiger partial charge is 0.142 e. The van der Waals surface area contributed by atoms with E-state index in [-0.39, 0.29) is 12.1 Å². The molecule has 2 aliphatic heterocycles. The fourth-order valence-corrected chi connectivity index (χ4v) is 4.48. The summed E-state index contributed by atoms with van der Waals surface area (Å²) in [5.41, 5.74) is 3.82. The van der Waals surface area contributed by atoms with Gasteiger partial charge in [-0.25, -0.2) is 4.99 Å². The second-order valence-electron chi connectivity index (χ2n) is 6.93. The molecule has 136 valence electrons. The Kier molecular flexibility index (Phi) is 4.58. The molecule has 4 nitrogen and oxygen atoms in total. The van der Waals surface area contributed by atoms with Crippen molar-refractivity contribution in [3.8, 4) is 0 Å². The maximum Gasteiger partial charge on any atom is 0.142 e. The van der Waals surface area contributed by atoms with Crippen molar-refractivity contribution in [2.45, 2.75) is 38.9 Å². The van der Waals surface area contributed by atoms with E-state index in [2.05, 4.69) is 90.5 Å². The Hall–Kier alpha value is -2.49. The number of likely N-dealkylation sites (N-methyl/N-ethyl adjacent to an activating group) is 2. The highest BCUT2D eigenvalue weighted by molar-refractivity contribution is 5.94. The predicted molar refractivity (Wildman–Crippen MR) is 110 cm³/mol. The summed E-state index contributed by atoms with van der Waals surface area (Å²) in [7, 11) is 0. The largest absolute Gasteiger partial charge is 0.362 e. The molecular weight excluding hydrogens is 320 g/mol. The lowest BCUT2D eigenvalue weighted by atomic mass is 9.87. The minimum atomic E-state index is 0.0886. The third-order valence-electron chi connectivity index (χ3n) is 5.68. The first-order valence-electron chi connectivity index (χ1n) is 9.78. The number of hydrogen-bond acceptors (Lipinski definition) is 4. The first-order chi connectivity index (χ1) is 12.8. The van der Waals surface area contributed by atoms with Gasteiger partial charge in [0.15, 0.2) is 0 Å². The third-order valence-corrected chi connectivity index (χ3v) is 5.68. The number of amidine groups is 1. The molecule has 0 spiro atoms. The molecule has 2 aromatic carbocycles. The summed E-state index contributed by atoms with van der Waals surface area (Å²) in [6.45, 7) is 9.63. The van der Waals surface area contributed by atoms with Crippen LogP contribution < -0.4 is 10.2 Å². The zero-order valence-corrected chi connectivity index (χ0v) is 15.9. The van der Waals surface area contributed by atoms with E-state index in [9.17, 15) is 0 Å². The van der Waals surface area contributed by atoms with Gasteiger partial charge >= 0.3 is 0 Å². The van der Waals surface area contributed by atoms with Crippen LogP contribution >= 0.6 is 0 Å². The van der Waals surface area contributed by atoms with Crippen LogP contribution in [0.5, 0.6) is 0 Å². The Morgan fingerprint density at radius 2 is 1.65 bits per heavy atom. The number of nitrogens with one attached hydrogen (secondary N) is 1. The standard InChI is InChI=1S/C22H28N4/c1-4-25(5-2)22-19(16-12-8-7-9-13-16)20-21(24-22)23-17-14-10-11-15-18(17)26(20)6-3/h7-15,19-21,23H,4-6H2,1-3H3/t19-,20-,21+/m1/s1. The van der Waals surface area contributed by atoms with Crippen molar-refractivity contribution >= 4 is 17.2 Å². The van der Waals surface area contributed by atoms with E-state index in [4.69, 9.17) is 4.99 Å². The lowest BCUT2D eigenvalue weighted by Gasteiger charge is -2.43. The Balaban J connectivity index is 1.82. The molecule has 0 fully saturated rings. The lowest BCUT2D eigenvalue weighted by Crippen LogP contribution is -2.51. The average Bonchev–Trinajstić information content (AvgIpc) is 3.06. The summed E-state index contributed by atoms with van der Waals surface area (Å²) in [5.74, 6) is 1.50. The van der Waals surface area contributed by atoms with Crippen molar-refractivity contribution < 1.29 is 0 Å². The van der Waals surface area contributed by atoms with Gasteiger partial charge in [-0.3, -0.25) is 0 Å². The second-order valence-corrected chi connectivity index (χ2v) is 6.93. The highest BCUT2D eigenvalue weighted by atomic mass is 15.3. The molecule has 0 saturated carbocycles. The van der Waals surface area contributed by atoms with Gasteiger partial charge < -0.3 is 15.1 Å². The fraction of sp³-hybridized carbons (Fsp3) is 0.409. The minimum absolute atomic E-state index is 0.0886. The van der Waals surface area contributed by atoms with Gasteiger partial charge in [-0.1, -0.05) is 42.5 Å². The highest BCUT2D eigenvalue weighted by Gasteiger charge is 2.47. The van der Waals surface area contributed by atoms with Crippen molar-refractivity contribution in [3.05, 3.63) is 60.2 Å². The molecule has 0 unspecified atom stereocenters. The van der Waals surface area contributed by atoms with Crippen molar-refractivity contribution in [2.75, 3.05) is 29.9 Å². The van der Waals surface area contributed by atoms with Crippen LogP contribution in [0, 0.1) is 0 Å². The van der Waals surface area contributed by atoms with Crippen molar-refractivity contribution in [1.82, 2.24) is 4.90 Å². The van der Waals surface area contributed by atoms with Crippen molar-refractivity contribution in [3.63, 3.8) is 0 Å². The van der Waals surface area contributed by atoms with Gasteiger partial charge in [0.2, 0.25) is 0 Å². The van der Waals surface area contributed by atoms with Crippen LogP contribution in [0.25, 0.3) is 0 Å². The van der Waals surface area contributed by atoms with E-state index >= 15 is 0 Å². The van der Waals surface area contributed by atoms with Gasteiger partial charge in [-0.15, -0.1) is 0 Å². The molecule has 4 rings (SSSR count). The van der Waals surface area contributed by atoms with Gasteiger partial charge in [-0.05, 0) is 38.5 Å². The monoisotopic (exact) mass is 348 g/mol. The number of fused-ring (bicyclic) bond motifs is 2. The molecule has 2 aliphatic rings. The Morgan fingerprint density at radius 3 is 2.35 bits per heavy atom. The highest BCUT2D eigenvalue weighted by Crippen LogP contribution is 2.43. The lowest BCUT2D eigenvalue weighted by molar-refractivity contribution is 0.443. The third kappa shape index (κ3) is 2.64. The topological polar surface area (TPSA) is 30.9 Å². The molecule has 0 amide bonds. The average molecular weight is 348 g/mol. The molecule has 1 N–H and O–H groups in total. The number of anilines is 2. The van der Waals surface area contributed by atoms with Gasteiger partial charge in [0.1, 0.15) is 12.0 Å². The van der Waals surface area contributed by atoms with E-state index in [1.807, 2.05) is 0 Å². The molecule has 26 heavy (non-hydrogen) atoms. The second kappa shape index (κ2) is 7.02. The quantitative estimate of drug-likeness (QED) is 0.900. The zero-order valence-electron chi connectivity index (χ0n) is 15.9. The van der Waals surface area contributed by atoms with Crippen LogP contribution in [-0.2, 0) is 0 Å². The number of aliphatic imine (C=N–C) groups is 1. The zero-order chi connectivity index (χ0) is 18.1. The molecule has 2 aromatic rings. The van der Waals surface area contributed by atoms with Gasteiger partial charge in [-0.2, -0.15) is 0 Å². The molecule has 0 saturated heterocycles. The summed E-state index contributed by atoms with van der Waals surface area (Å²) >= 11 is 0. The maximum absolute atomic E-state index is 5.20. The number of para-hydroxylation sites is 2. The van der Waals surface area contributed by atoms with E-state index in [0.717, 1.165) is 19.6 Å². The number of hydrogen-bond donors (Lipinski definition) is 1. The molecular formula is C22H28N4. The first-order valence-corrected chi connectivity index (χ1v) is 9.78. The Morgan fingerprint density at radius 1 is 0.962 bits per heavy atom. The minimum Gasteiger partial charge on any atom is -0.362 e.